The van der Waals surface area contributed by atoms with Crippen LogP contribution in [0.2, 0.25) is 0 Å². The van der Waals surface area contributed by atoms with Gasteiger partial charge in [-0.25, -0.2) is 0 Å². The van der Waals surface area contributed by atoms with E-state index in [1.54, 1.807) is 7.11 Å². The highest BCUT2D eigenvalue weighted by atomic mass is 16.6. The molecule has 0 aromatic rings. The molecule has 2 aliphatic heterocycles. The van der Waals surface area contributed by atoms with E-state index in [1.165, 1.54) is 26.2 Å². The number of Topliss-reactive ketones (excluding diaryl/α,β-unsaturated/α-hetero) is 1. The quantitative estimate of drug-likeness (QED) is 0.129. The predicted octanol–water partition coefficient (Wildman–Crippen LogP) is -0.960. The maximum absolute atomic E-state index is 11.4. The summed E-state index contributed by atoms with van der Waals surface area (Å²) in [6.45, 7) is 1.48. The Kier molecular flexibility index (Phi) is 18.2. The van der Waals surface area contributed by atoms with Crippen molar-refractivity contribution in [3.05, 3.63) is 6.42 Å². The highest BCUT2D eigenvalue weighted by Gasteiger charge is 2.48. The van der Waals surface area contributed by atoms with Gasteiger partial charge in [-0.2, -0.15) is 0 Å². The van der Waals surface area contributed by atoms with Crippen LogP contribution < -0.4 is 0 Å². The second-order valence-electron chi connectivity index (χ2n) is 10.3. The second-order valence-corrected chi connectivity index (χ2v) is 10.3. The molecule has 4 fully saturated rings. The summed E-state index contributed by atoms with van der Waals surface area (Å²) in [6, 6.07) is 0. The number of esters is 3. The van der Waals surface area contributed by atoms with Crippen LogP contribution in [0.25, 0.3) is 0 Å². The molecule has 2 aliphatic carbocycles. The molecule has 4 atom stereocenters. The Bertz CT molecular complexity index is 761. The van der Waals surface area contributed by atoms with Gasteiger partial charge in [0.1, 0.15) is 24.4 Å². The number of hydrogen-bond donors (Lipinski definition) is 0. The molecule has 4 unspecified atom stereocenters. The molecule has 18 heteroatoms. The number of carbonyl (C=O) groups is 4. The summed E-state index contributed by atoms with van der Waals surface area (Å²) in [4.78, 5) is 42.2. The van der Waals surface area contributed by atoms with Crippen LogP contribution in [0.3, 0.4) is 0 Å². The van der Waals surface area contributed by atoms with E-state index < -0.39 is 37.5 Å². The summed E-state index contributed by atoms with van der Waals surface area (Å²) < 4.78 is 19.9. The van der Waals surface area contributed by atoms with E-state index in [0.717, 1.165) is 25.7 Å². The van der Waals surface area contributed by atoms with E-state index >= 15 is 0 Å². The molecule has 0 N–H and O–H groups in total. The molecule has 2 saturated carbocycles. The Hall–Kier alpha value is -1.28. The third-order valence-electron chi connectivity index (χ3n) is 6.72. The molecule has 0 aromatic carbocycles. The minimum Gasteiger partial charge on any atom is -0.460 e. The molecule has 0 bridgehead atoms. The summed E-state index contributed by atoms with van der Waals surface area (Å²) in [5.74, 6) is -1.07. The standard InChI is InChI=1S/C12H20O4.C6H9O.C4H4O3.B10/c1-9(13)7-8-12(14)16-11-6-4-3-5-10(11)15-2;1-2-4-6-5(3-1)7-6;5-3-1-2-4(6)7-3;1-7(2)10(8(3)4)9(5)6/h10-11H,3-8H2,1-2H3;3,5-6H,1-2,4H2;1-2H2;/q;+1;;. The van der Waals surface area contributed by atoms with E-state index in [9.17, 15) is 19.2 Å². The first-order valence-corrected chi connectivity index (χ1v) is 13.8. The smallest absolute Gasteiger partial charge is 0.314 e. The summed E-state index contributed by atoms with van der Waals surface area (Å²) in [5.41, 5.74) is 0. The molecule has 8 nitrogen and oxygen atoms in total. The molecule has 12 radical (unpaired) electrons. The Morgan fingerprint density at radius 1 is 0.875 bits per heavy atom. The molecule has 0 amide bonds. The number of methoxy groups -OCH3 is 1. The highest BCUT2D eigenvalue weighted by Crippen LogP contribution is 2.35. The van der Waals surface area contributed by atoms with Crippen LogP contribution in [0.15, 0.2) is 0 Å². The topological polar surface area (TPSA) is 109 Å². The molecule has 198 valence electrons. The van der Waals surface area contributed by atoms with Crippen molar-refractivity contribution in [2.75, 3.05) is 7.11 Å². The molecular formula is C22H33B10O8+. The number of hydrogen-bond acceptors (Lipinski definition) is 8. The Morgan fingerprint density at radius 3 is 1.77 bits per heavy atom. The van der Waals surface area contributed by atoms with Gasteiger partial charge in [0.05, 0.1) is 31.8 Å². The Balaban J connectivity index is 0.000000284. The molecular weight excluding hydrogens is 500 g/mol. The minimum atomic E-state index is -0.667. The van der Waals surface area contributed by atoms with Gasteiger partial charge in [-0.05, 0) is 39.0 Å². The fourth-order valence-corrected chi connectivity index (χ4v) is 4.37. The Morgan fingerprint density at radius 2 is 1.43 bits per heavy atom. The maximum Gasteiger partial charge on any atom is 0.314 e. The zero-order valence-electron chi connectivity index (χ0n) is 23.7. The van der Waals surface area contributed by atoms with E-state index in [0.29, 0.717) is 12.2 Å². The lowest BCUT2D eigenvalue weighted by molar-refractivity contribution is -0.160. The zero-order valence-corrected chi connectivity index (χ0v) is 23.7. The average molecular weight is 534 g/mol. The van der Waals surface area contributed by atoms with Crippen LogP contribution in [0.5, 0.6) is 0 Å². The number of carbonyl (C=O) groups excluding carboxylic acids is 4. The molecule has 40 heavy (non-hydrogen) atoms. The SMILES string of the molecule is COC1CCCCC1OC(=O)CCC(C)=O.O=C1CCC(=O)O1.[B]B([B])B(B([B])[B])B([B])[B].[CH+]1CCCC2OC12. The molecule has 0 spiro atoms. The predicted molar refractivity (Wildman–Crippen MR) is 164 cm³/mol. The van der Waals surface area contributed by atoms with Crippen LogP contribution in [-0.2, 0) is 38.1 Å². The lowest BCUT2D eigenvalue weighted by Crippen LogP contribution is -2.62. The minimum absolute atomic E-state index is 0.0175. The molecule has 2 heterocycles. The summed E-state index contributed by atoms with van der Waals surface area (Å²) >= 11 is 0. The van der Waals surface area contributed by atoms with Crippen LogP contribution in [-0.4, -0.2) is 127 Å². The summed E-state index contributed by atoms with van der Waals surface area (Å²) in [7, 11) is 33.4. The molecule has 2 saturated heterocycles. The van der Waals surface area contributed by atoms with Crippen LogP contribution in [0, 0.1) is 6.42 Å². The van der Waals surface area contributed by atoms with Crippen molar-refractivity contribution < 1.29 is 38.1 Å². The van der Waals surface area contributed by atoms with Gasteiger partial charge in [-0.3, -0.25) is 14.4 Å². The van der Waals surface area contributed by atoms with E-state index in [-0.39, 0.29) is 49.6 Å². The number of cyclic esters (lactones) is 2. The zero-order chi connectivity index (χ0) is 30.2. The third-order valence-corrected chi connectivity index (χ3v) is 6.72. The first kappa shape index (κ1) is 36.7. The number of ketones is 1. The fourth-order valence-electron chi connectivity index (χ4n) is 4.37. The largest absolute Gasteiger partial charge is 0.460 e. The fraction of sp³-hybridized carbons (Fsp3) is 0.773. The normalized spacial score (nSPS) is 23.9. The van der Waals surface area contributed by atoms with Crippen molar-refractivity contribution in [1.82, 2.24) is 0 Å². The Labute approximate surface area is 249 Å². The van der Waals surface area contributed by atoms with Crippen molar-refractivity contribution >= 4 is 95.7 Å². The maximum atomic E-state index is 11.4. The van der Waals surface area contributed by atoms with Gasteiger partial charge < -0.3 is 23.7 Å². The molecule has 4 aliphatic rings. The summed E-state index contributed by atoms with van der Waals surface area (Å²) in [5, 5.41) is 0. The van der Waals surface area contributed by atoms with Crippen molar-refractivity contribution in [3.8, 4) is 0 Å². The van der Waals surface area contributed by atoms with Gasteiger partial charge in [0.15, 0.2) is 0 Å². The number of fused-ring (bicyclic) bond motifs is 1. The van der Waals surface area contributed by atoms with E-state index in [2.05, 4.69) is 11.2 Å². The first-order valence-electron chi connectivity index (χ1n) is 13.8. The molecule has 0 aromatic heterocycles. The van der Waals surface area contributed by atoms with Gasteiger partial charge >= 0.3 is 17.9 Å². The van der Waals surface area contributed by atoms with Crippen LogP contribution >= 0.6 is 0 Å². The van der Waals surface area contributed by atoms with Crippen LogP contribution in [0.1, 0.15) is 77.6 Å². The second kappa shape index (κ2) is 19.8. The highest BCUT2D eigenvalue weighted by molar-refractivity contribution is 8.00. The van der Waals surface area contributed by atoms with Crippen molar-refractivity contribution in [2.45, 2.75) is 102 Å². The number of rotatable bonds is 8. The van der Waals surface area contributed by atoms with Gasteiger partial charge in [-0.15, -0.1) is 0 Å². The number of epoxide rings is 1. The lowest BCUT2D eigenvalue weighted by atomic mass is 8.58. The van der Waals surface area contributed by atoms with Gasteiger partial charge in [0.2, 0.25) is 6.10 Å². The van der Waals surface area contributed by atoms with Crippen molar-refractivity contribution in [3.63, 3.8) is 0 Å². The number of ether oxygens (including phenoxy) is 4. The van der Waals surface area contributed by atoms with Crippen molar-refractivity contribution in [1.29, 1.82) is 0 Å². The molecule has 4 rings (SSSR count). The average Bonchev–Trinajstić information content (AvgIpc) is 3.58. The van der Waals surface area contributed by atoms with E-state index in [1.807, 2.05) is 0 Å². The van der Waals surface area contributed by atoms with E-state index in [4.69, 9.17) is 60.6 Å². The van der Waals surface area contributed by atoms with Gasteiger partial charge in [0, 0.05) is 85.5 Å². The summed E-state index contributed by atoms with van der Waals surface area (Å²) in [6.07, 6.45) is 9.88. The third kappa shape index (κ3) is 15.6. The van der Waals surface area contributed by atoms with Crippen molar-refractivity contribution in [2.24, 2.45) is 0 Å². The van der Waals surface area contributed by atoms with Crippen LogP contribution in [0.4, 0.5) is 0 Å². The van der Waals surface area contributed by atoms with Gasteiger partial charge in [-0.1, -0.05) is 6.42 Å². The van der Waals surface area contributed by atoms with Gasteiger partial charge in [0.25, 0.3) is 0 Å². The lowest BCUT2D eigenvalue weighted by Gasteiger charge is -2.29. The monoisotopic (exact) mass is 535 g/mol. The first-order chi connectivity index (χ1) is 18.8.